The quantitative estimate of drug-likeness (QED) is 0.414. The Bertz CT molecular complexity index is 504. The highest BCUT2D eigenvalue weighted by atomic mass is 16.3. The lowest BCUT2D eigenvalue weighted by atomic mass is 9.87. The highest BCUT2D eigenvalue weighted by Gasteiger charge is 2.14. The molecule has 1 aromatic rings. The van der Waals surface area contributed by atoms with Crippen LogP contribution in [0.5, 0.6) is 11.5 Å². The normalized spacial score (nSPS) is 12.6. The number of hydrogen-bond donors (Lipinski definition) is 2. The van der Waals surface area contributed by atoms with Gasteiger partial charge in [0.05, 0.1) is 0 Å². The second-order valence-electron chi connectivity index (χ2n) is 9.61. The molecule has 0 spiro atoms. The largest absolute Gasteiger partial charge is 0.504 e. The van der Waals surface area contributed by atoms with Crippen molar-refractivity contribution < 1.29 is 10.2 Å². The van der Waals surface area contributed by atoms with Gasteiger partial charge in [0.25, 0.3) is 0 Å². The molecule has 2 nitrogen and oxygen atoms in total. The molecule has 0 heterocycles. The van der Waals surface area contributed by atoms with Crippen LogP contribution in [0.25, 0.3) is 0 Å². The molecule has 2 heteroatoms. The van der Waals surface area contributed by atoms with Gasteiger partial charge in [0, 0.05) is 5.56 Å². The van der Waals surface area contributed by atoms with Gasteiger partial charge in [0.2, 0.25) is 0 Å². The van der Waals surface area contributed by atoms with Gasteiger partial charge >= 0.3 is 0 Å². The van der Waals surface area contributed by atoms with E-state index in [4.69, 9.17) is 0 Å². The first kappa shape index (κ1) is 20.9. The number of aromatic hydroxyl groups is 2. The van der Waals surface area contributed by atoms with Gasteiger partial charge in [-0.2, -0.15) is 0 Å². The van der Waals surface area contributed by atoms with E-state index in [1.807, 2.05) is 6.07 Å². The number of hydrogen-bond acceptors (Lipinski definition) is 2. The lowest BCUT2D eigenvalue weighted by Crippen LogP contribution is -2.05. The average Bonchev–Trinajstić information content (AvgIpc) is 2.43. The van der Waals surface area contributed by atoms with Crippen molar-refractivity contribution in [2.75, 3.05) is 0 Å². The van der Waals surface area contributed by atoms with Crippen LogP contribution < -0.4 is 0 Å². The Hall–Kier alpha value is -1.18. The maximum absolute atomic E-state index is 10.3. The summed E-state index contributed by atoms with van der Waals surface area (Å²) in [5.74, 6) is 0.110. The Labute approximate surface area is 149 Å². The summed E-state index contributed by atoms with van der Waals surface area (Å²) in [6.07, 6.45) is 8.80. The summed E-state index contributed by atoms with van der Waals surface area (Å²) in [6.45, 7) is 13.6. The van der Waals surface area contributed by atoms with Crippen LogP contribution in [0.4, 0.5) is 0 Å². The van der Waals surface area contributed by atoms with Crippen LogP contribution in [0.3, 0.4) is 0 Å². The molecule has 0 radical (unpaired) electrons. The van der Waals surface area contributed by atoms with Gasteiger partial charge in [0.1, 0.15) is 0 Å². The average molecular weight is 335 g/mol. The fourth-order valence-corrected chi connectivity index (χ4v) is 3.11. The minimum absolute atomic E-state index is 0.0132. The van der Waals surface area contributed by atoms with E-state index in [9.17, 15) is 10.2 Å². The van der Waals surface area contributed by atoms with Gasteiger partial charge in [-0.15, -0.1) is 0 Å². The fourth-order valence-electron chi connectivity index (χ4n) is 3.11. The number of phenolic OH excluding ortho intramolecular Hbond substituents is 2. The second kappa shape index (κ2) is 8.78. The first-order valence-corrected chi connectivity index (χ1v) is 9.52. The van der Waals surface area contributed by atoms with Gasteiger partial charge in [-0.25, -0.2) is 0 Å². The molecule has 1 aromatic carbocycles. The van der Waals surface area contributed by atoms with Crippen molar-refractivity contribution in [1.82, 2.24) is 0 Å². The molecule has 138 valence electrons. The highest BCUT2D eigenvalue weighted by Crippen LogP contribution is 2.34. The molecule has 0 aliphatic rings. The lowest BCUT2D eigenvalue weighted by Gasteiger charge is -2.19. The molecule has 0 fully saturated rings. The van der Waals surface area contributed by atoms with E-state index >= 15 is 0 Å². The minimum Gasteiger partial charge on any atom is -0.504 e. The molecule has 0 saturated carbocycles. The summed E-state index contributed by atoms with van der Waals surface area (Å²) in [4.78, 5) is 0. The molecule has 0 aliphatic carbocycles. The highest BCUT2D eigenvalue weighted by molar-refractivity contribution is 5.49. The molecule has 24 heavy (non-hydrogen) atoms. The maximum Gasteiger partial charge on any atom is 0.160 e. The third-order valence-corrected chi connectivity index (χ3v) is 4.58. The van der Waals surface area contributed by atoms with Crippen molar-refractivity contribution in [3.63, 3.8) is 0 Å². The molecule has 0 aliphatic heterocycles. The Balaban J connectivity index is 2.63. The van der Waals surface area contributed by atoms with E-state index in [0.29, 0.717) is 10.8 Å². The van der Waals surface area contributed by atoms with E-state index in [1.54, 1.807) is 6.07 Å². The monoisotopic (exact) mass is 334 g/mol. The molecule has 0 aromatic heterocycles. The Morgan fingerprint density at radius 1 is 0.708 bits per heavy atom. The van der Waals surface area contributed by atoms with E-state index in [0.717, 1.165) is 37.7 Å². The van der Waals surface area contributed by atoms with Crippen LogP contribution in [0.2, 0.25) is 0 Å². The number of aryl methyl sites for hydroxylation is 1. The summed E-state index contributed by atoms with van der Waals surface area (Å²) in [6, 6.07) is 3.62. The predicted molar refractivity (Wildman–Crippen MR) is 104 cm³/mol. The van der Waals surface area contributed by atoms with E-state index in [-0.39, 0.29) is 11.5 Å². The minimum atomic E-state index is 0.0132. The number of benzene rings is 1. The summed E-state index contributed by atoms with van der Waals surface area (Å²) < 4.78 is 0. The molecule has 0 atom stereocenters. The van der Waals surface area contributed by atoms with Crippen LogP contribution >= 0.6 is 0 Å². The summed E-state index contributed by atoms with van der Waals surface area (Å²) >= 11 is 0. The van der Waals surface area contributed by atoms with Crippen LogP contribution in [0.1, 0.15) is 91.2 Å². The maximum atomic E-state index is 10.3. The Morgan fingerprint density at radius 2 is 1.21 bits per heavy atom. The summed E-state index contributed by atoms with van der Waals surface area (Å²) in [7, 11) is 0. The van der Waals surface area contributed by atoms with E-state index in [2.05, 4.69) is 41.5 Å². The third kappa shape index (κ3) is 8.08. The molecule has 2 N–H and O–H groups in total. The van der Waals surface area contributed by atoms with Crippen LogP contribution in [-0.4, -0.2) is 10.2 Å². The Morgan fingerprint density at radius 3 is 1.71 bits per heavy atom. The van der Waals surface area contributed by atoms with Crippen molar-refractivity contribution in [2.45, 2.75) is 92.9 Å². The van der Waals surface area contributed by atoms with Gasteiger partial charge in [-0.05, 0) is 61.0 Å². The standard InChI is InChI=1S/C22H38O2/c1-21(2,3)15-9-7-11-17-13-14-19(23)20(24)18(17)12-8-10-16-22(4,5)6/h13-14,23-24H,7-12,15-16H2,1-6H3. The first-order valence-electron chi connectivity index (χ1n) is 9.52. The summed E-state index contributed by atoms with van der Waals surface area (Å²) in [5.41, 5.74) is 2.90. The molecule has 0 unspecified atom stereocenters. The summed E-state index contributed by atoms with van der Waals surface area (Å²) in [5, 5.41) is 20.1. The van der Waals surface area contributed by atoms with Gasteiger partial charge in [-0.3, -0.25) is 0 Å². The van der Waals surface area contributed by atoms with Crippen molar-refractivity contribution in [3.8, 4) is 11.5 Å². The van der Waals surface area contributed by atoms with Gasteiger partial charge in [0.15, 0.2) is 11.5 Å². The third-order valence-electron chi connectivity index (χ3n) is 4.58. The first-order chi connectivity index (χ1) is 11.0. The van der Waals surface area contributed by atoms with Gasteiger partial charge < -0.3 is 10.2 Å². The van der Waals surface area contributed by atoms with E-state index < -0.39 is 0 Å². The number of phenols is 2. The van der Waals surface area contributed by atoms with Gasteiger partial charge in [-0.1, -0.05) is 60.5 Å². The van der Waals surface area contributed by atoms with Crippen molar-refractivity contribution in [2.24, 2.45) is 10.8 Å². The molecule has 0 saturated heterocycles. The predicted octanol–water partition coefficient (Wildman–Crippen LogP) is 6.62. The molecular weight excluding hydrogens is 296 g/mol. The number of rotatable bonds is 8. The number of unbranched alkanes of at least 4 members (excludes halogenated alkanes) is 2. The van der Waals surface area contributed by atoms with E-state index in [1.165, 1.54) is 24.8 Å². The zero-order valence-electron chi connectivity index (χ0n) is 16.7. The second-order valence-corrected chi connectivity index (χ2v) is 9.61. The smallest absolute Gasteiger partial charge is 0.160 e. The molecule has 0 bridgehead atoms. The zero-order chi connectivity index (χ0) is 18.4. The molecular formula is C22H38O2. The fraction of sp³-hybridized carbons (Fsp3) is 0.727. The topological polar surface area (TPSA) is 40.5 Å². The molecule has 1 rings (SSSR count). The SMILES string of the molecule is CC(C)(C)CCCCc1ccc(O)c(O)c1CCCCC(C)(C)C. The van der Waals surface area contributed by atoms with Crippen LogP contribution in [-0.2, 0) is 12.8 Å². The van der Waals surface area contributed by atoms with Crippen molar-refractivity contribution >= 4 is 0 Å². The van der Waals surface area contributed by atoms with Crippen molar-refractivity contribution in [3.05, 3.63) is 23.3 Å². The molecule has 0 amide bonds. The van der Waals surface area contributed by atoms with Crippen LogP contribution in [0.15, 0.2) is 12.1 Å². The lowest BCUT2D eigenvalue weighted by molar-refractivity contribution is 0.357. The Kier molecular flexibility index (Phi) is 7.63. The van der Waals surface area contributed by atoms with Crippen LogP contribution in [0, 0.1) is 10.8 Å². The van der Waals surface area contributed by atoms with Crippen molar-refractivity contribution in [1.29, 1.82) is 0 Å². The zero-order valence-corrected chi connectivity index (χ0v) is 16.7.